The van der Waals surface area contributed by atoms with Crippen molar-refractivity contribution in [2.24, 2.45) is 5.92 Å². The second-order valence-electron chi connectivity index (χ2n) is 5.05. The molecule has 1 saturated heterocycles. The summed E-state index contributed by atoms with van der Waals surface area (Å²) in [5.74, 6) is 0.704. The smallest absolute Gasteiger partial charge is 0.254 e. The first-order chi connectivity index (χ1) is 9.26. The summed E-state index contributed by atoms with van der Waals surface area (Å²) in [5.41, 5.74) is 1.74. The van der Waals surface area contributed by atoms with Crippen LogP contribution in [0.15, 0.2) is 24.3 Å². The number of benzene rings is 1. The number of likely N-dealkylation sites (tertiary alicyclic amines) is 1. The zero-order valence-electron chi connectivity index (χ0n) is 11.7. The standard InChI is InChI=1S/C15H22N2O2/c1-16-9-12-7-8-17(10-12)15(18)14-6-4-3-5-13(14)11-19-2/h3-6,12,16H,7-11H2,1-2H3/t12-/m1/s1. The van der Waals surface area contributed by atoms with Gasteiger partial charge in [0.05, 0.1) is 6.61 Å². The van der Waals surface area contributed by atoms with Crippen molar-refractivity contribution in [1.82, 2.24) is 10.2 Å². The molecule has 1 aromatic carbocycles. The monoisotopic (exact) mass is 262 g/mol. The van der Waals surface area contributed by atoms with Gasteiger partial charge in [-0.25, -0.2) is 0 Å². The van der Waals surface area contributed by atoms with E-state index in [1.165, 1.54) is 0 Å². The number of hydrogen-bond donors (Lipinski definition) is 1. The summed E-state index contributed by atoms with van der Waals surface area (Å²) in [6.07, 6.45) is 1.08. The molecule has 104 valence electrons. The molecular weight excluding hydrogens is 240 g/mol. The van der Waals surface area contributed by atoms with E-state index >= 15 is 0 Å². The van der Waals surface area contributed by atoms with Crippen LogP contribution in [-0.2, 0) is 11.3 Å². The highest BCUT2D eigenvalue weighted by molar-refractivity contribution is 5.95. The van der Waals surface area contributed by atoms with Crippen molar-refractivity contribution in [2.75, 3.05) is 33.8 Å². The Morgan fingerprint density at radius 1 is 1.47 bits per heavy atom. The summed E-state index contributed by atoms with van der Waals surface area (Å²) < 4.78 is 5.16. The van der Waals surface area contributed by atoms with Gasteiger partial charge in [-0.15, -0.1) is 0 Å². The summed E-state index contributed by atoms with van der Waals surface area (Å²) in [6.45, 7) is 3.16. The summed E-state index contributed by atoms with van der Waals surface area (Å²) in [6, 6.07) is 7.70. The van der Waals surface area contributed by atoms with Crippen LogP contribution in [0.3, 0.4) is 0 Å². The van der Waals surface area contributed by atoms with E-state index in [0.29, 0.717) is 12.5 Å². The topological polar surface area (TPSA) is 41.6 Å². The first-order valence-corrected chi connectivity index (χ1v) is 6.77. The van der Waals surface area contributed by atoms with Crippen molar-refractivity contribution in [3.63, 3.8) is 0 Å². The van der Waals surface area contributed by atoms with Gasteiger partial charge in [-0.2, -0.15) is 0 Å². The minimum absolute atomic E-state index is 0.131. The van der Waals surface area contributed by atoms with Crippen LogP contribution in [0.1, 0.15) is 22.3 Å². The fraction of sp³-hybridized carbons (Fsp3) is 0.533. The molecule has 4 nitrogen and oxygen atoms in total. The minimum Gasteiger partial charge on any atom is -0.380 e. The SMILES string of the molecule is CNC[C@H]1CCN(C(=O)c2ccccc2COC)C1. The largest absolute Gasteiger partial charge is 0.380 e. The first-order valence-electron chi connectivity index (χ1n) is 6.77. The van der Waals surface area contributed by atoms with Crippen molar-refractivity contribution in [3.8, 4) is 0 Å². The van der Waals surface area contributed by atoms with Crippen molar-refractivity contribution in [2.45, 2.75) is 13.0 Å². The minimum atomic E-state index is 0.131. The number of amides is 1. The summed E-state index contributed by atoms with van der Waals surface area (Å²) in [4.78, 5) is 14.5. The highest BCUT2D eigenvalue weighted by Crippen LogP contribution is 2.20. The van der Waals surface area contributed by atoms with Crippen LogP contribution in [0.5, 0.6) is 0 Å². The Bertz CT molecular complexity index is 434. The third-order valence-corrected chi connectivity index (χ3v) is 3.61. The van der Waals surface area contributed by atoms with Crippen molar-refractivity contribution >= 4 is 5.91 Å². The van der Waals surface area contributed by atoms with Crippen LogP contribution in [0.2, 0.25) is 0 Å². The number of carbonyl (C=O) groups is 1. The van der Waals surface area contributed by atoms with E-state index in [9.17, 15) is 4.79 Å². The summed E-state index contributed by atoms with van der Waals surface area (Å²) in [5, 5.41) is 3.18. The lowest BCUT2D eigenvalue weighted by Crippen LogP contribution is -2.31. The number of hydrogen-bond acceptors (Lipinski definition) is 3. The van der Waals surface area contributed by atoms with Crippen LogP contribution < -0.4 is 5.32 Å². The van der Waals surface area contributed by atoms with Crippen LogP contribution in [0.25, 0.3) is 0 Å². The molecule has 19 heavy (non-hydrogen) atoms. The van der Waals surface area contributed by atoms with Gasteiger partial charge in [-0.1, -0.05) is 18.2 Å². The summed E-state index contributed by atoms with van der Waals surface area (Å²) in [7, 11) is 3.61. The second kappa shape index (κ2) is 6.68. The maximum absolute atomic E-state index is 12.5. The van der Waals surface area contributed by atoms with Gasteiger partial charge >= 0.3 is 0 Å². The molecule has 1 aliphatic rings. The predicted molar refractivity (Wildman–Crippen MR) is 75.1 cm³/mol. The van der Waals surface area contributed by atoms with E-state index in [2.05, 4.69) is 5.32 Å². The molecule has 0 radical (unpaired) electrons. The molecule has 0 saturated carbocycles. The number of ether oxygens (including phenoxy) is 1. The second-order valence-corrected chi connectivity index (χ2v) is 5.05. The van der Waals surface area contributed by atoms with E-state index in [4.69, 9.17) is 4.74 Å². The molecule has 0 aromatic heterocycles. The summed E-state index contributed by atoms with van der Waals surface area (Å²) >= 11 is 0. The molecule has 1 amide bonds. The Hall–Kier alpha value is -1.39. The van der Waals surface area contributed by atoms with Gasteiger partial charge in [0.15, 0.2) is 0 Å². The molecule has 1 fully saturated rings. The lowest BCUT2D eigenvalue weighted by Gasteiger charge is -2.18. The number of nitrogens with one attached hydrogen (secondary N) is 1. The van der Waals surface area contributed by atoms with Crippen molar-refractivity contribution in [1.29, 1.82) is 0 Å². The molecule has 4 heteroatoms. The lowest BCUT2D eigenvalue weighted by molar-refractivity contribution is 0.0782. The Balaban J connectivity index is 2.08. The van der Waals surface area contributed by atoms with E-state index in [1.807, 2.05) is 36.2 Å². The highest BCUT2D eigenvalue weighted by atomic mass is 16.5. The Kier molecular flexibility index (Phi) is 4.93. The van der Waals surface area contributed by atoms with Gasteiger partial charge < -0.3 is 15.0 Å². The fourth-order valence-corrected chi connectivity index (χ4v) is 2.65. The molecule has 0 aliphatic carbocycles. The molecule has 1 aromatic rings. The average molecular weight is 262 g/mol. The molecule has 1 aliphatic heterocycles. The van der Waals surface area contributed by atoms with Gasteiger partial charge in [-0.3, -0.25) is 4.79 Å². The fourth-order valence-electron chi connectivity index (χ4n) is 2.65. The molecule has 1 N–H and O–H groups in total. The predicted octanol–water partition coefficient (Wildman–Crippen LogP) is 1.51. The van der Waals surface area contributed by atoms with Crippen molar-refractivity contribution in [3.05, 3.63) is 35.4 Å². The first kappa shape index (κ1) is 14.0. The Morgan fingerprint density at radius 3 is 3.00 bits per heavy atom. The van der Waals surface area contributed by atoms with Crippen LogP contribution in [0.4, 0.5) is 0 Å². The molecule has 0 spiro atoms. The van der Waals surface area contributed by atoms with E-state index in [1.54, 1.807) is 7.11 Å². The third-order valence-electron chi connectivity index (χ3n) is 3.61. The number of rotatable bonds is 5. The Labute approximate surface area is 114 Å². The van der Waals surface area contributed by atoms with Crippen LogP contribution in [0, 0.1) is 5.92 Å². The van der Waals surface area contributed by atoms with Gasteiger partial charge in [-0.05, 0) is 37.6 Å². The van der Waals surface area contributed by atoms with E-state index in [-0.39, 0.29) is 5.91 Å². The normalized spacial score (nSPS) is 18.8. The van der Waals surface area contributed by atoms with Crippen LogP contribution >= 0.6 is 0 Å². The van der Waals surface area contributed by atoms with Gasteiger partial charge in [0, 0.05) is 25.8 Å². The zero-order chi connectivity index (χ0) is 13.7. The van der Waals surface area contributed by atoms with E-state index in [0.717, 1.165) is 37.2 Å². The zero-order valence-corrected chi connectivity index (χ0v) is 11.7. The average Bonchev–Trinajstić information content (AvgIpc) is 2.88. The van der Waals surface area contributed by atoms with E-state index < -0.39 is 0 Å². The van der Waals surface area contributed by atoms with Gasteiger partial charge in [0.1, 0.15) is 0 Å². The molecular formula is C15H22N2O2. The third kappa shape index (κ3) is 3.33. The maximum atomic E-state index is 12.5. The molecule has 1 heterocycles. The molecule has 2 rings (SSSR count). The maximum Gasteiger partial charge on any atom is 0.254 e. The highest BCUT2D eigenvalue weighted by Gasteiger charge is 2.27. The van der Waals surface area contributed by atoms with Crippen molar-refractivity contribution < 1.29 is 9.53 Å². The Morgan fingerprint density at radius 2 is 2.26 bits per heavy atom. The lowest BCUT2D eigenvalue weighted by atomic mass is 10.1. The van der Waals surface area contributed by atoms with Gasteiger partial charge in [0.25, 0.3) is 5.91 Å². The molecule has 0 bridgehead atoms. The molecule has 0 unspecified atom stereocenters. The molecule has 1 atom stereocenters. The van der Waals surface area contributed by atoms with Crippen LogP contribution in [-0.4, -0.2) is 44.6 Å². The quantitative estimate of drug-likeness (QED) is 0.874. The number of nitrogens with zero attached hydrogens (tertiary/aromatic N) is 1. The number of methoxy groups -OCH3 is 1. The number of carbonyl (C=O) groups excluding carboxylic acids is 1. The van der Waals surface area contributed by atoms with Gasteiger partial charge in [0.2, 0.25) is 0 Å².